The Bertz CT molecular complexity index is 391. The normalized spacial score (nSPS) is 46.1. The van der Waals surface area contributed by atoms with Crippen LogP contribution in [0.5, 0.6) is 0 Å². The maximum Gasteiger partial charge on any atom is 0.0817 e. The van der Waals surface area contributed by atoms with Crippen molar-refractivity contribution < 1.29 is 0 Å². The SMILES string of the molecule is [B][C@]12C[C@H](C)[C@@H](C[C@@H]1C)P2c1ccccc1. The van der Waals surface area contributed by atoms with Gasteiger partial charge in [-0.1, -0.05) is 52.1 Å². The molecule has 2 bridgehead atoms. The molecule has 2 aliphatic rings. The lowest BCUT2D eigenvalue weighted by molar-refractivity contribution is 0.341. The minimum absolute atomic E-state index is 0.126. The van der Waals surface area contributed by atoms with Crippen molar-refractivity contribution >= 4 is 21.1 Å². The second kappa shape index (κ2) is 3.60. The summed E-state index contributed by atoms with van der Waals surface area (Å²) in [4.78, 5) is 0. The number of rotatable bonds is 1. The molecule has 2 aliphatic heterocycles. The number of hydrogen-bond acceptors (Lipinski definition) is 0. The molecule has 5 atom stereocenters. The maximum atomic E-state index is 6.74. The zero-order chi connectivity index (χ0) is 11.3. The van der Waals surface area contributed by atoms with Gasteiger partial charge in [0.25, 0.3) is 0 Å². The number of fused-ring (bicyclic) bond motifs is 2. The van der Waals surface area contributed by atoms with E-state index in [-0.39, 0.29) is 13.0 Å². The molecule has 2 radical (unpaired) electrons. The predicted molar refractivity (Wildman–Crippen MR) is 72.8 cm³/mol. The Labute approximate surface area is 101 Å². The molecule has 1 aromatic carbocycles. The summed E-state index contributed by atoms with van der Waals surface area (Å²) in [7, 11) is 6.60. The zero-order valence-electron chi connectivity index (χ0n) is 10.1. The second-order valence-electron chi connectivity index (χ2n) is 5.58. The van der Waals surface area contributed by atoms with Crippen molar-refractivity contribution in [3.63, 3.8) is 0 Å². The van der Waals surface area contributed by atoms with Crippen LogP contribution in [-0.2, 0) is 0 Å². The van der Waals surface area contributed by atoms with Gasteiger partial charge in [0, 0.05) is 0 Å². The molecule has 0 N–H and O–H groups in total. The lowest BCUT2D eigenvalue weighted by atomic mass is 9.65. The fourth-order valence-electron chi connectivity index (χ4n) is 3.68. The lowest BCUT2D eigenvalue weighted by Gasteiger charge is -2.34. The fraction of sp³-hybridized carbons (Fsp3) is 0.571. The molecule has 0 amide bonds. The van der Waals surface area contributed by atoms with Crippen LogP contribution in [0.15, 0.2) is 30.3 Å². The van der Waals surface area contributed by atoms with Gasteiger partial charge >= 0.3 is 0 Å². The average molecular weight is 228 g/mol. The summed E-state index contributed by atoms with van der Waals surface area (Å²) in [5, 5.41) is 1.65. The predicted octanol–water partition coefficient (Wildman–Crippen LogP) is 3.11. The van der Waals surface area contributed by atoms with E-state index in [1.54, 1.807) is 0 Å². The van der Waals surface area contributed by atoms with E-state index in [1.807, 2.05) is 0 Å². The van der Waals surface area contributed by atoms with Crippen molar-refractivity contribution in [1.29, 1.82) is 0 Å². The van der Waals surface area contributed by atoms with Crippen LogP contribution in [0, 0.1) is 11.8 Å². The topological polar surface area (TPSA) is 0 Å². The largest absolute Gasteiger partial charge is 0.0817 e. The molecule has 0 nitrogen and oxygen atoms in total. The molecule has 1 aromatic rings. The fourth-order valence-corrected chi connectivity index (χ4v) is 7.86. The molecule has 16 heavy (non-hydrogen) atoms. The van der Waals surface area contributed by atoms with Crippen LogP contribution in [0.1, 0.15) is 26.7 Å². The summed E-state index contributed by atoms with van der Waals surface area (Å²) >= 11 is 0. The first-order valence-corrected chi connectivity index (χ1v) is 7.67. The van der Waals surface area contributed by atoms with E-state index in [1.165, 1.54) is 18.1 Å². The molecular formula is C14H18BP. The smallest absolute Gasteiger partial charge is 0.0742 e. The van der Waals surface area contributed by atoms with Gasteiger partial charge in [-0.25, -0.2) is 0 Å². The quantitative estimate of drug-likeness (QED) is 0.511. The highest BCUT2D eigenvalue weighted by Crippen LogP contribution is 2.72. The first kappa shape index (κ1) is 10.8. The lowest BCUT2D eigenvalue weighted by Crippen LogP contribution is -2.33. The first-order valence-electron chi connectivity index (χ1n) is 6.26. The molecule has 3 rings (SSSR count). The summed E-state index contributed by atoms with van der Waals surface area (Å²) in [6.07, 6.45) is 2.58. The van der Waals surface area contributed by atoms with Gasteiger partial charge in [-0.05, 0) is 40.7 Å². The number of benzene rings is 1. The third-order valence-corrected chi connectivity index (χ3v) is 8.33. The van der Waals surface area contributed by atoms with E-state index in [0.717, 1.165) is 11.6 Å². The van der Waals surface area contributed by atoms with Crippen molar-refractivity contribution in [2.24, 2.45) is 11.8 Å². The van der Waals surface area contributed by atoms with Crippen molar-refractivity contribution in [1.82, 2.24) is 0 Å². The maximum absolute atomic E-state index is 6.74. The molecule has 0 aliphatic carbocycles. The summed E-state index contributed by atoms with van der Waals surface area (Å²) in [6, 6.07) is 11.0. The van der Waals surface area contributed by atoms with E-state index in [0.29, 0.717) is 5.92 Å². The van der Waals surface area contributed by atoms with E-state index in [2.05, 4.69) is 44.2 Å². The first-order chi connectivity index (χ1) is 7.63. The summed E-state index contributed by atoms with van der Waals surface area (Å²) in [5.74, 6) is 1.53. The molecule has 82 valence electrons. The van der Waals surface area contributed by atoms with Gasteiger partial charge in [0.05, 0.1) is 7.85 Å². The Morgan fingerprint density at radius 1 is 1.25 bits per heavy atom. The van der Waals surface area contributed by atoms with Crippen molar-refractivity contribution in [3.8, 4) is 0 Å². The average Bonchev–Trinajstić information content (AvgIpc) is 2.66. The number of hydrogen-bond donors (Lipinski definition) is 0. The Morgan fingerprint density at radius 2 is 1.94 bits per heavy atom. The summed E-state index contributed by atoms with van der Waals surface area (Å²) in [5.41, 5.74) is 0.873. The van der Waals surface area contributed by atoms with Crippen LogP contribution in [0.4, 0.5) is 0 Å². The molecule has 0 aromatic heterocycles. The summed E-state index contributed by atoms with van der Waals surface area (Å²) in [6.45, 7) is 4.74. The highest BCUT2D eigenvalue weighted by atomic mass is 31.1. The van der Waals surface area contributed by atoms with Crippen LogP contribution in [0.25, 0.3) is 0 Å². The molecule has 0 saturated carbocycles. The Balaban J connectivity index is 2.03. The molecule has 2 heteroatoms. The van der Waals surface area contributed by atoms with Gasteiger partial charge in [-0.2, -0.15) is 0 Å². The van der Waals surface area contributed by atoms with E-state index >= 15 is 0 Å². The van der Waals surface area contributed by atoms with E-state index in [9.17, 15) is 0 Å². The molecule has 0 spiro atoms. The molecular weight excluding hydrogens is 210 g/mol. The third kappa shape index (κ3) is 1.34. The highest BCUT2D eigenvalue weighted by molar-refractivity contribution is 7.70. The highest BCUT2D eigenvalue weighted by Gasteiger charge is 2.57. The zero-order valence-corrected chi connectivity index (χ0v) is 11.0. The van der Waals surface area contributed by atoms with Crippen LogP contribution in [-0.4, -0.2) is 18.6 Å². The van der Waals surface area contributed by atoms with Crippen LogP contribution >= 0.6 is 7.92 Å². The minimum Gasteiger partial charge on any atom is -0.0742 e. The monoisotopic (exact) mass is 228 g/mol. The second-order valence-corrected chi connectivity index (χ2v) is 8.33. The van der Waals surface area contributed by atoms with Gasteiger partial charge in [-0.3, -0.25) is 0 Å². The van der Waals surface area contributed by atoms with Gasteiger partial charge in [0.15, 0.2) is 0 Å². The molecule has 2 heterocycles. The summed E-state index contributed by atoms with van der Waals surface area (Å²) < 4.78 is 0. The minimum atomic E-state index is -0.135. The van der Waals surface area contributed by atoms with Crippen LogP contribution < -0.4 is 5.30 Å². The van der Waals surface area contributed by atoms with Crippen molar-refractivity contribution in [3.05, 3.63) is 30.3 Å². The van der Waals surface area contributed by atoms with Crippen LogP contribution in [0.2, 0.25) is 0 Å². The van der Waals surface area contributed by atoms with Gasteiger partial charge < -0.3 is 0 Å². The van der Waals surface area contributed by atoms with Gasteiger partial charge in [-0.15, -0.1) is 0 Å². The van der Waals surface area contributed by atoms with Gasteiger partial charge in [0.1, 0.15) is 0 Å². The molecule has 1 unspecified atom stereocenters. The Morgan fingerprint density at radius 3 is 2.50 bits per heavy atom. The van der Waals surface area contributed by atoms with E-state index < -0.39 is 0 Å². The molecule has 2 saturated heterocycles. The van der Waals surface area contributed by atoms with Crippen LogP contribution in [0.3, 0.4) is 0 Å². The van der Waals surface area contributed by atoms with Crippen molar-refractivity contribution in [2.45, 2.75) is 37.4 Å². The van der Waals surface area contributed by atoms with Crippen molar-refractivity contribution in [2.75, 3.05) is 0 Å². The Kier molecular flexibility index (Phi) is 2.44. The Hall–Kier alpha value is -0.285. The van der Waals surface area contributed by atoms with Gasteiger partial charge in [0.2, 0.25) is 0 Å². The molecule has 2 fully saturated rings. The van der Waals surface area contributed by atoms with E-state index in [4.69, 9.17) is 7.85 Å². The standard InChI is InChI=1S/C14H18BP/c1-10-9-14(15)11(2)8-13(10)16(14)12-6-4-3-5-7-12/h3-7,10-11,13H,8-9H2,1-2H3/t10-,11-,13+,14-,16?/m0/s1. The third-order valence-electron chi connectivity index (χ3n) is 4.57.